The molecule has 0 aliphatic heterocycles. The Bertz CT molecular complexity index is 469. The molecule has 0 aliphatic rings. The molecule has 4 nitrogen and oxygen atoms in total. The number of carbonyl (C=O) groups excluding carboxylic acids is 1. The normalized spacial score (nSPS) is 10.6. The number of aliphatic carboxylic acids is 1. The summed E-state index contributed by atoms with van der Waals surface area (Å²) in [5, 5.41) is 8.71. The van der Waals surface area contributed by atoms with Crippen LogP contribution < -0.4 is 0 Å². The molecule has 0 saturated carbocycles. The highest BCUT2D eigenvalue weighted by atomic mass is 19.1. The Balaban J connectivity index is 2.90. The van der Waals surface area contributed by atoms with Crippen molar-refractivity contribution in [2.45, 2.75) is 26.3 Å². The number of carboxylic acids is 1. The lowest BCUT2D eigenvalue weighted by Crippen LogP contribution is -2.41. The largest absolute Gasteiger partial charge is 0.480 e. The summed E-state index contributed by atoms with van der Waals surface area (Å²) in [7, 11) is 0. The molecule has 0 bridgehead atoms. The molecular weight excluding hydrogens is 256 g/mol. The lowest BCUT2D eigenvalue weighted by molar-refractivity contribution is -0.145. The number of halogens is 2. The van der Waals surface area contributed by atoms with E-state index in [1.165, 1.54) is 6.07 Å². The first-order valence-electron chi connectivity index (χ1n) is 5.77. The number of benzene rings is 1. The average Bonchev–Trinajstić information content (AvgIpc) is 2.30. The molecule has 1 aromatic carbocycles. The van der Waals surface area contributed by atoms with Crippen LogP contribution in [-0.2, 0) is 16.0 Å². The van der Waals surface area contributed by atoms with Crippen LogP contribution in [0.1, 0.15) is 19.4 Å². The van der Waals surface area contributed by atoms with E-state index in [-0.39, 0.29) is 11.6 Å². The zero-order valence-corrected chi connectivity index (χ0v) is 10.7. The van der Waals surface area contributed by atoms with Crippen LogP contribution in [0, 0.1) is 11.6 Å². The van der Waals surface area contributed by atoms with Gasteiger partial charge in [-0.2, -0.15) is 0 Å². The van der Waals surface area contributed by atoms with Crippen molar-refractivity contribution in [1.82, 2.24) is 4.90 Å². The van der Waals surface area contributed by atoms with E-state index in [0.29, 0.717) is 0 Å². The van der Waals surface area contributed by atoms with Crippen molar-refractivity contribution in [2.75, 3.05) is 6.54 Å². The minimum Gasteiger partial charge on any atom is -0.480 e. The summed E-state index contributed by atoms with van der Waals surface area (Å²) in [5.41, 5.74) is -0.344. The third-order valence-electron chi connectivity index (χ3n) is 2.64. The van der Waals surface area contributed by atoms with Crippen molar-refractivity contribution in [3.8, 4) is 0 Å². The second kappa shape index (κ2) is 6.26. The molecule has 1 aromatic rings. The number of amides is 1. The monoisotopic (exact) mass is 271 g/mol. The quantitative estimate of drug-likeness (QED) is 0.888. The molecule has 0 aromatic heterocycles. The Morgan fingerprint density at radius 3 is 2.21 bits per heavy atom. The predicted octanol–water partition coefficient (Wildman–Crippen LogP) is 1.83. The number of hydrogen-bond donors (Lipinski definition) is 1. The second-order valence-corrected chi connectivity index (χ2v) is 4.39. The summed E-state index contributed by atoms with van der Waals surface area (Å²) in [4.78, 5) is 23.6. The van der Waals surface area contributed by atoms with Crippen LogP contribution in [0.2, 0.25) is 0 Å². The van der Waals surface area contributed by atoms with Gasteiger partial charge in [-0.1, -0.05) is 6.07 Å². The fourth-order valence-corrected chi connectivity index (χ4v) is 1.66. The third-order valence-corrected chi connectivity index (χ3v) is 2.64. The van der Waals surface area contributed by atoms with Gasteiger partial charge >= 0.3 is 5.97 Å². The standard InChI is InChI=1S/C13H15F2NO3/c1-8(2)16(7-13(18)19)12(17)6-9-10(14)4-3-5-11(9)15/h3-5,8H,6-7H2,1-2H3,(H,18,19). The van der Waals surface area contributed by atoms with E-state index in [2.05, 4.69) is 0 Å². The summed E-state index contributed by atoms with van der Waals surface area (Å²) in [6.45, 7) is 2.78. The fourth-order valence-electron chi connectivity index (χ4n) is 1.66. The molecule has 0 radical (unpaired) electrons. The number of rotatable bonds is 5. The van der Waals surface area contributed by atoms with E-state index >= 15 is 0 Å². The Kier molecular flexibility index (Phi) is 4.97. The highest BCUT2D eigenvalue weighted by Gasteiger charge is 2.22. The van der Waals surface area contributed by atoms with Gasteiger partial charge < -0.3 is 10.0 Å². The Morgan fingerprint density at radius 1 is 1.26 bits per heavy atom. The molecule has 0 atom stereocenters. The Labute approximate surface area is 109 Å². The van der Waals surface area contributed by atoms with E-state index in [1.807, 2.05) is 0 Å². The zero-order chi connectivity index (χ0) is 14.6. The van der Waals surface area contributed by atoms with E-state index in [0.717, 1.165) is 17.0 Å². The minimum absolute atomic E-state index is 0.344. The van der Waals surface area contributed by atoms with Gasteiger partial charge in [0.15, 0.2) is 0 Å². The molecule has 0 spiro atoms. The molecule has 19 heavy (non-hydrogen) atoms. The summed E-state index contributed by atoms with van der Waals surface area (Å²) >= 11 is 0. The van der Waals surface area contributed by atoms with Gasteiger partial charge in [-0.3, -0.25) is 9.59 Å². The molecule has 0 heterocycles. The number of carboxylic acid groups (broad SMARTS) is 1. The van der Waals surface area contributed by atoms with E-state index < -0.39 is 36.5 Å². The van der Waals surface area contributed by atoms with Gasteiger partial charge in [0.1, 0.15) is 18.2 Å². The highest BCUT2D eigenvalue weighted by molar-refractivity contribution is 5.83. The topological polar surface area (TPSA) is 57.6 Å². The summed E-state index contributed by atoms with van der Waals surface area (Å²) in [6.07, 6.45) is -0.496. The molecule has 104 valence electrons. The summed E-state index contributed by atoms with van der Waals surface area (Å²) in [5.74, 6) is -3.42. The van der Waals surface area contributed by atoms with Gasteiger partial charge in [0.2, 0.25) is 5.91 Å². The van der Waals surface area contributed by atoms with E-state index in [1.54, 1.807) is 13.8 Å². The Morgan fingerprint density at radius 2 is 1.79 bits per heavy atom. The Hall–Kier alpha value is -1.98. The molecule has 1 rings (SSSR count). The first-order valence-corrected chi connectivity index (χ1v) is 5.77. The first kappa shape index (κ1) is 15.1. The highest BCUT2D eigenvalue weighted by Crippen LogP contribution is 2.14. The van der Waals surface area contributed by atoms with Crippen molar-refractivity contribution in [3.05, 3.63) is 35.4 Å². The maximum Gasteiger partial charge on any atom is 0.323 e. The van der Waals surface area contributed by atoms with Crippen LogP contribution in [0.5, 0.6) is 0 Å². The van der Waals surface area contributed by atoms with Gasteiger partial charge in [0, 0.05) is 11.6 Å². The molecule has 0 fully saturated rings. The lowest BCUT2D eigenvalue weighted by Gasteiger charge is -2.25. The molecule has 6 heteroatoms. The van der Waals surface area contributed by atoms with Crippen molar-refractivity contribution < 1.29 is 23.5 Å². The molecule has 0 aliphatic carbocycles. The molecular formula is C13H15F2NO3. The minimum atomic E-state index is -1.17. The van der Waals surface area contributed by atoms with Crippen LogP contribution >= 0.6 is 0 Å². The van der Waals surface area contributed by atoms with Crippen molar-refractivity contribution >= 4 is 11.9 Å². The van der Waals surface area contributed by atoms with Crippen LogP contribution in [0.25, 0.3) is 0 Å². The van der Waals surface area contributed by atoms with Gasteiger partial charge in [-0.05, 0) is 26.0 Å². The molecule has 0 unspecified atom stereocenters. The number of nitrogens with zero attached hydrogens (tertiary/aromatic N) is 1. The van der Waals surface area contributed by atoms with E-state index in [4.69, 9.17) is 5.11 Å². The number of carbonyl (C=O) groups is 2. The predicted molar refractivity (Wildman–Crippen MR) is 64.5 cm³/mol. The van der Waals surface area contributed by atoms with Gasteiger partial charge in [0.25, 0.3) is 0 Å². The molecule has 0 saturated heterocycles. The van der Waals surface area contributed by atoms with Crippen LogP contribution in [0.4, 0.5) is 8.78 Å². The van der Waals surface area contributed by atoms with Gasteiger partial charge in [0.05, 0.1) is 6.42 Å². The average molecular weight is 271 g/mol. The summed E-state index contributed by atoms with van der Waals surface area (Å²) in [6, 6.07) is 2.96. The smallest absolute Gasteiger partial charge is 0.323 e. The first-order chi connectivity index (χ1) is 8.82. The molecule has 1 N–H and O–H groups in total. The van der Waals surface area contributed by atoms with Crippen molar-refractivity contribution in [3.63, 3.8) is 0 Å². The summed E-state index contributed by atoms with van der Waals surface area (Å²) < 4.78 is 26.8. The van der Waals surface area contributed by atoms with Crippen LogP contribution in [0.15, 0.2) is 18.2 Å². The maximum absolute atomic E-state index is 13.4. The fraction of sp³-hybridized carbons (Fsp3) is 0.385. The lowest BCUT2D eigenvalue weighted by atomic mass is 10.1. The molecule has 1 amide bonds. The maximum atomic E-state index is 13.4. The van der Waals surface area contributed by atoms with Crippen LogP contribution in [-0.4, -0.2) is 34.5 Å². The SMILES string of the molecule is CC(C)N(CC(=O)O)C(=O)Cc1c(F)cccc1F. The zero-order valence-electron chi connectivity index (χ0n) is 10.7. The van der Waals surface area contributed by atoms with Gasteiger partial charge in [-0.25, -0.2) is 8.78 Å². The number of hydrogen-bond acceptors (Lipinski definition) is 2. The van der Waals surface area contributed by atoms with E-state index in [9.17, 15) is 18.4 Å². The van der Waals surface area contributed by atoms with Crippen LogP contribution in [0.3, 0.4) is 0 Å². The third kappa shape index (κ3) is 4.01. The van der Waals surface area contributed by atoms with Crippen molar-refractivity contribution in [1.29, 1.82) is 0 Å². The second-order valence-electron chi connectivity index (χ2n) is 4.39. The van der Waals surface area contributed by atoms with Gasteiger partial charge in [-0.15, -0.1) is 0 Å². The van der Waals surface area contributed by atoms with Crippen molar-refractivity contribution in [2.24, 2.45) is 0 Å².